The van der Waals surface area contributed by atoms with Crippen molar-refractivity contribution in [3.05, 3.63) is 34.6 Å². The fourth-order valence-electron chi connectivity index (χ4n) is 1.96. The van der Waals surface area contributed by atoms with Gasteiger partial charge in [-0.2, -0.15) is 0 Å². The molecule has 0 aliphatic carbocycles. The molecule has 5 heteroatoms. The standard InChI is InChI=1S/C13H20ClFN2O/c1-9(8-18-3)17(2)12(7-16)10-5-4-6-11(14)13(10)15/h4-6,9,12H,7-8,16H2,1-3H3. The summed E-state index contributed by atoms with van der Waals surface area (Å²) in [4.78, 5) is 2.00. The lowest BCUT2D eigenvalue weighted by atomic mass is 10.0. The highest BCUT2D eigenvalue weighted by atomic mass is 35.5. The first-order valence-corrected chi connectivity index (χ1v) is 6.25. The first-order valence-electron chi connectivity index (χ1n) is 5.87. The van der Waals surface area contributed by atoms with E-state index in [2.05, 4.69) is 0 Å². The number of nitrogens with zero attached hydrogens (tertiary/aromatic N) is 1. The minimum absolute atomic E-state index is 0.124. The number of rotatable bonds is 6. The van der Waals surface area contributed by atoms with E-state index < -0.39 is 5.82 Å². The smallest absolute Gasteiger partial charge is 0.146 e. The maximum atomic E-state index is 14.0. The highest BCUT2D eigenvalue weighted by molar-refractivity contribution is 6.30. The van der Waals surface area contributed by atoms with Crippen LogP contribution in [-0.2, 0) is 4.74 Å². The highest BCUT2D eigenvalue weighted by Crippen LogP contribution is 2.27. The summed E-state index contributed by atoms with van der Waals surface area (Å²) in [5.74, 6) is -0.397. The number of likely N-dealkylation sites (N-methyl/N-ethyl adjacent to an activating group) is 1. The first kappa shape index (κ1) is 15.4. The molecule has 0 saturated heterocycles. The molecule has 102 valence electrons. The Kier molecular flexibility index (Phi) is 6.02. The summed E-state index contributed by atoms with van der Waals surface area (Å²) in [6.45, 7) is 2.89. The Hall–Kier alpha value is -0.680. The van der Waals surface area contributed by atoms with Crippen molar-refractivity contribution in [3.8, 4) is 0 Å². The van der Waals surface area contributed by atoms with Gasteiger partial charge in [0, 0.05) is 25.3 Å². The van der Waals surface area contributed by atoms with Gasteiger partial charge in [0.1, 0.15) is 5.82 Å². The van der Waals surface area contributed by atoms with Gasteiger partial charge in [0.05, 0.1) is 17.7 Å². The van der Waals surface area contributed by atoms with E-state index in [0.717, 1.165) is 0 Å². The van der Waals surface area contributed by atoms with E-state index in [4.69, 9.17) is 22.1 Å². The molecule has 2 N–H and O–H groups in total. The number of methoxy groups -OCH3 is 1. The fourth-order valence-corrected chi connectivity index (χ4v) is 2.14. The predicted molar refractivity (Wildman–Crippen MR) is 72.3 cm³/mol. The van der Waals surface area contributed by atoms with Gasteiger partial charge in [0.2, 0.25) is 0 Å². The van der Waals surface area contributed by atoms with Crippen molar-refractivity contribution in [3.63, 3.8) is 0 Å². The van der Waals surface area contributed by atoms with E-state index in [0.29, 0.717) is 18.7 Å². The summed E-state index contributed by atoms with van der Waals surface area (Å²) < 4.78 is 19.1. The number of hydrogen-bond donors (Lipinski definition) is 1. The molecule has 1 aromatic carbocycles. The number of hydrogen-bond acceptors (Lipinski definition) is 3. The summed E-state index contributed by atoms with van der Waals surface area (Å²) in [5.41, 5.74) is 6.29. The molecule has 0 radical (unpaired) electrons. The van der Waals surface area contributed by atoms with Crippen LogP contribution < -0.4 is 5.73 Å². The molecule has 18 heavy (non-hydrogen) atoms. The minimum Gasteiger partial charge on any atom is -0.383 e. The lowest BCUT2D eigenvalue weighted by Gasteiger charge is -2.32. The maximum absolute atomic E-state index is 14.0. The Morgan fingerprint density at radius 2 is 2.17 bits per heavy atom. The molecule has 0 amide bonds. The Balaban J connectivity index is 2.98. The van der Waals surface area contributed by atoms with Gasteiger partial charge >= 0.3 is 0 Å². The summed E-state index contributed by atoms with van der Waals surface area (Å²) in [6.07, 6.45) is 0. The van der Waals surface area contributed by atoms with Crippen molar-refractivity contribution in [1.29, 1.82) is 0 Å². The number of benzene rings is 1. The molecule has 2 atom stereocenters. The summed E-state index contributed by atoms with van der Waals surface area (Å²) >= 11 is 5.80. The molecule has 0 aliphatic heterocycles. The highest BCUT2D eigenvalue weighted by Gasteiger charge is 2.23. The molecule has 1 rings (SSSR count). The molecule has 1 aromatic rings. The lowest BCUT2D eigenvalue weighted by molar-refractivity contribution is 0.0900. The first-order chi connectivity index (χ1) is 8.52. The molecule has 0 fully saturated rings. The zero-order chi connectivity index (χ0) is 13.7. The monoisotopic (exact) mass is 274 g/mol. The summed E-state index contributed by atoms with van der Waals surface area (Å²) in [6, 6.07) is 4.91. The largest absolute Gasteiger partial charge is 0.383 e. The minimum atomic E-state index is -0.397. The van der Waals surface area contributed by atoms with Crippen LogP contribution in [0.4, 0.5) is 4.39 Å². The van der Waals surface area contributed by atoms with Gasteiger partial charge in [-0.1, -0.05) is 23.7 Å². The van der Waals surface area contributed by atoms with E-state index in [1.54, 1.807) is 19.2 Å². The Bertz CT molecular complexity index is 389. The van der Waals surface area contributed by atoms with Crippen molar-refractivity contribution in [1.82, 2.24) is 4.90 Å². The molecular weight excluding hydrogens is 255 g/mol. The molecule has 0 aromatic heterocycles. The summed E-state index contributed by atoms with van der Waals surface area (Å²) in [7, 11) is 3.54. The van der Waals surface area contributed by atoms with Gasteiger partial charge in [-0.15, -0.1) is 0 Å². The Labute approximate surface area is 113 Å². The maximum Gasteiger partial charge on any atom is 0.146 e. The number of halogens is 2. The zero-order valence-electron chi connectivity index (χ0n) is 11.0. The molecule has 0 aliphatic rings. The third-order valence-electron chi connectivity index (χ3n) is 3.16. The molecule has 3 nitrogen and oxygen atoms in total. The normalized spacial score (nSPS) is 14.8. The quantitative estimate of drug-likeness (QED) is 0.866. The van der Waals surface area contributed by atoms with Gasteiger partial charge in [-0.3, -0.25) is 4.90 Å². The van der Waals surface area contributed by atoms with Crippen LogP contribution in [0.1, 0.15) is 18.5 Å². The SMILES string of the molecule is COCC(C)N(C)C(CN)c1cccc(Cl)c1F. The van der Waals surface area contributed by atoms with Gasteiger partial charge < -0.3 is 10.5 Å². The van der Waals surface area contributed by atoms with Crippen LogP contribution in [-0.4, -0.2) is 38.3 Å². The molecule has 0 heterocycles. The average Bonchev–Trinajstić information content (AvgIpc) is 2.35. The van der Waals surface area contributed by atoms with E-state index >= 15 is 0 Å². The third-order valence-corrected chi connectivity index (χ3v) is 3.45. The topological polar surface area (TPSA) is 38.5 Å². The molecule has 0 bridgehead atoms. The van der Waals surface area contributed by atoms with Crippen LogP contribution in [0.25, 0.3) is 0 Å². The third kappa shape index (κ3) is 3.42. The van der Waals surface area contributed by atoms with Crippen molar-refractivity contribution < 1.29 is 9.13 Å². The molecule has 0 saturated carbocycles. The molecule has 2 unspecified atom stereocenters. The average molecular weight is 275 g/mol. The van der Waals surface area contributed by atoms with Crippen LogP contribution in [0.3, 0.4) is 0 Å². The van der Waals surface area contributed by atoms with Gasteiger partial charge in [0.25, 0.3) is 0 Å². The van der Waals surface area contributed by atoms with Crippen molar-refractivity contribution in [2.24, 2.45) is 5.73 Å². The fraction of sp³-hybridized carbons (Fsp3) is 0.538. The van der Waals surface area contributed by atoms with Gasteiger partial charge in [0.15, 0.2) is 0 Å². The number of nitrogens with two attached hydrogens (primary N) is 1. The van der Waals surface area contributed by atoms with Crippen molar-refractivity contribution >= 4 is 11.6 Å². The van der Waals surface area contributed by atoms with E-state index in [-0.39, 0.29) is 17.1 Å². The summed E-state index contributed by atoms with van der Waals surface area (Å²) in [5, 5.41) is 0.124. The lowest BCUT2D eigenvalue weighted by Crippen LogP contribution is -2.39. The van der Waals surface area contributed by atoms with Crippen LogP contribution in [0.15, 0.2) is 18.2 Å². The molecular formula is C13H20ClFN2O. The van der Waals surface area contributed by atoms with Crippen LogP contribution >= 0.6 is 11.6 Å². The second kappa shape index (κ2) is 7.04. The van der Waals surface area contributed by atoms with Crippen LogP contribution in [0, 0.1) is 5.82 Å². The second-order valence-electron chi connectivity index (χ2n) is 4.36. The van der Waals surface area contributed by atoms with Gasteiger partial charge in [-0.05, 0) is 20.0 Å². The number of ether oxygens (including phenoxy) is 1. The zero-order valence-corrected chi connectivity index (χ0v) is 11.7. The second-order valence-corrected chi connectivity index (χ2v) is 4.77. The van der Waals surface area contributed by atoms with E-state index in [1.807, 2.05) is 18.9 Å². The van der Waals surface area contributed by atoms with Crippen molar-refractivity contribution in [2.75, 3.05) is 27.3 Å². The Morgan fingerprint density at radius 1 is 1.50 bits per heavy atom. The predicted octanol–water partition coefficient (Wildman–Crippen LogP) is 2.45. The van der Waals surface area contributed by atoms with Crippen LogP contribution in [0.5, 0.6) is 0 Å². The van der Waals surface area contributed by atoms with Crippen molar-refractivity contribution in [2.45, 2.75) is 19.0 Å². The van der Waals surface area contributed by atoms with Crippen LogP contribution in [0.2, 0.25) is 5.02 Å². The van der Waals surface area contributed by atoms with E-state index in [9.17, 15) is 4.39 Å². The Morgan fingerprint density at radius 3 is 2.72 bits per heavy atom. The van der Waals surface area contributed by atoms with Gasteiger partial charge in [-0.25, -0.2) is 4.39 Å². The van der Waals surface area contributed by atoms with E-state index in [1.165, 1.54) is 6.07 Å². The molecule has 0 spiro atoms.